The van der Waals surface area contributed by atoms with Crippen LogP contribution < -0.4 is 9.92 Å². The van der Waals surface area contributed by atoms with Crippen molar-refractivity contribution in [2.75, 3.05) is 0 Å². The number of rotatable bonds is 7. The normalized spacial score (nSPS) is 11.8. The van der Waals surface area contributed by atoms with Crippen LogP contribution in [0.4, 0.5) is 0 Å². The largest absolute Gasteiger partial charge is 0.439 e. The quantitative estimate of drug-likeness (QED) is 0.334. The van der Waals surface area contributed by atoms with Gasteiger partial charge in [-0.05, 0) is 24.6 Å². The standard InChI is InChI=1S/C22H27N3O2Si/c1-17-21(22(25(2)24-17)27-19-9-7-6-8-10-19)15-23-26-16-18-11-13-20(14-12-18)28(3,4)5/h6-15H,16H2,1-5H3. The Bertz CT molecular complexity index is 942. The van der Waals surface area contributed by atoms with Crippen LogP contribution in [-0.2, 0) is 18.5 Å². The Kier molecular flexibility index (Phi) is 5.99. The predicted molar refractivity (Wildman–Crippen MR) is 116 cm³/mol. The Morgan fingerprint density at radius 3 is 2.36 bits per heavy atom. The number of oxime groups is 1. The van der Waals surface area contributed by atoms with Gasteiger partial charge in [0.05, 0.1) is 25.5 Å². The van der Waals surface area contributed by atoms with Crippen LogP contribution in [0.2, 0.25) is 19.6 Å². The zero-order chi connectivity index (χ0) is 20.1. The van der Waals surface area contributed by atoms with Crippen molar-refractivity contribution < 1.29 is 9.57 Å². The van der Waals surface area contributed by atoms with Crippen LogP contribution in [0, 0.1) is 6.92 Å². The highest BCUT2D eigenvalue weighted by atomic mass is 28.3. The molecule has 0 atom stereocenters. The Morgan fingerprint density at radius 1 is 1.04 bits per heavy atom. The van der Waals surface area contributed by atoms with Crippen LogP contribution in [-0.4, -0.2) is 24.1 Å². The highest BCUT2D eigenvalue weighted by Crippen LogP contribution is 2.25. The topological polar surface area (TPSA) is 48.6 Å². The van der Waals surface area contributed by atoms with Gasteiger partial charge < -0.3 is 9.57 Å². The van der Waals surface area contributed by atoms with Crippen LogP contribution >= 0.6 is 0 Å². The summed E-state index contributed by atoms with van der Waals surface area (Å²) in [6.45, 7) is 9.38. The molecule has 0 unspecified atom stereocenters. The first-order valence-electron chi connectivity index (χ1n) is 9.36. The SMILES string of the molecule is Cc1nn(C)c(Oc2ccccc2)c1C=NOCc1ccc([Si](C)(C)C)cc1. The summed E-state index contributed by atoms with van der Waals surface area (Å²) < 4.78 is 7.69. The molecule has 0 radical (unpaired) electrons. The van der Waals surface area contributed by atoms with E-state index in [-0.39, 0.29) is 0 Å². The number of aromatic nitrogens is 2. The highest BCUT2D eigenvalue weighted by Gasteiger charge is 2.16. The van der Waals surface area contributed by atoms with Crippen molar-refractivity contribution in [2.24, 2.45) is 12.2 Å². The summed E-state index contributed by atoms with van der Waals surface area (Å²) in [7, 11) is 0.576. The van der Waals surface area contributed by atoms with Crippen LogP contribution in [0.5, 0.6) is 11.6 Å². The van der Waals surface area contributed by atoms with E-state index in [2.05, 4.69) is 54.2 Å². The third-order valence-corrected chi connectivity index (χ3v) is 6.54. The third kappa shape index (κ3) is 4.89. The molecule has 0 bridgehead atoms. The summed E-state index contributed by atoms with van der Waals surface area (Å²) in [6, 6.07) is 18.3. The molecule has 0 spiro atoms. The molecule has 0 aliphatic carbocycles. The Balaban J connectivity index is 1.66. The molecule has 1 heterocycles. The van der Waals surface area contributed by atoms with Crippen LogP contribution in [0.25, 0.3) is 0 Å². The van der Waals surface area contributed by atoms with Gasteiger partial charge in [0, 0.05) is 7.05 Å². The number of hydrogen-bond donors (Lipinski definition) is 0. The molecule has 0 saturated heterocycles. The Morgan fingerprint density at radius 2 is 1.71 bits per heavy atom. The molecule has 2 aromatic carbocycles. The van der Waals surface area contributed by atoms with Gasteiger partial charge >= 0.3 is 0 Å². The van der Waals surface area contributed by atoms with E-state index in [0.717, 1.165) is 22.6 Å². The average molecular weight is 394 g/mol. The minimum Gasteiger partial charge on any atom is -0.439 e. The average Bonchev–Trinajstić information content (AvgIpc) is 2.92. The lowest BCUT2D eigenvalue weighted by Gasteiger charge is -2.16. The molecule has 0 aliphatic heterocycles. The minimum absolute atomic E-state index is 0.427. The van der Waals surface area contributed by atoms with Crippen molar-refractivity contribution in [3.05, 3.63) is 71.4 Å². The van der Waals surface area contributed by atoms with Crippen molar-refractivity contribution in [3.63, 3.8) is 0 Å². The Labute approximate surface area is 167 Å². The van der Waals surface area contributed by atoms with E-state index >= 15 is 0 Å². The summed E-state index contributed by atoms with van der Waals surface area (Å²) in [4.78, 5) is 5.51. The van der Waals surface area contributed by atoms with Crippen LogP contribution in [0.3, 0.4) is 0 Å². The molecule has 0 saturated carbocycles. The van der Waals surface area contributed by atoms with E-state index < -0.39 is 8.07 Å². The van der Waals surface area contributed by atoms with Gasteiger partial charge in [-0.25, -0.2) is 4.68 Å². The maximum Gasteiger partial charge on any atom is 0.226 e. The lowest BCUT2D eigenvalue weighted by Crippen LogP contribution is -2.37. The molecule has 1 aromatic heterocycles. The van der Waals surface area contributed by atoms with E-state index in [1.54, 1.807) is 10.9 Å². The number of para-hydroxylation sites is 1. The van der Waals surface area contributed by atoms with Gasteiger partial charge in [0.2, 0.25) is 5.88 Å². The molecule has 28 heavy (non-hydrogen) atoms. The molecule has 3 rings (SSSR count). The molecule has 6 heteroatoms. The zero-order valence-corrected chi connectivity index (χ0v) is 18.1. The number of aryl methyl sites for hydroxylation is 2. The fraction of sp³-hybridized carbons (Fsp3) is 0.273. The summed E-state index contributed by atoms with van der Waals surface area (Å²) >= 11 is 0. The van der Waals surface area contributed by atoms with Crippen LogP contribution in [0.15, 0.2) is 59.8 Å². The lowest BCUT2D eigenvalue weighted by molar-refractivity contribution is 0.132. The van der Waals surface area contributed by atoms with Crippen molar-refractivity contribution in [3.8, 4) is 11.6 Å². The first kappa shape index (κ1) is 19.9. The molecular weight excluding hydrogens is 366 g/mol. The zero-order valence-electron chi connectivity index (χ0n) is 17.1. The smallest absolute Gasteiger partial charge is 0.226 e. The van der Waals surface area contributed by atoms with Gasteiger partial charge in [0.15, 0.2) is 0 Å². The summed E-state index contributed by atoms with van der Waals surface area (Å²) in [5.41, 5.74) is 2.74. The van der Waals surface area contributed by atoms with E-state index in [9.17, 15) is 0 Å². The van der Waals surface area contributed by atoms with E-state index in [0.29, 0.717) is 12.5 Å². The van der Waals surface area contributed by atoms with E-state index in [1.807, 2.05) is 44.3 Å². The molecule has 146 valence electrons. The fourth-order valence-corrected chi connectivity index (χ4v) is 3.99. The lowest BCUT2D eigenvalue weighted by atomic mass is 10.2. The van der Waals surface area contributed by atoms with Crippen molar-refractivity contribution in [1.82, 2.24) is 9.78 Å². The predicted octanol–water partition coefficient (Wildman–Crippen LogP) is 4.62. The molecule has 0 fully saturated rings. The van der Waals surface area contributed by atoms with Gasteiger partial charge in [-0.2, -0.15) is 5.10 Å². The molecular formula is C22H27N3O2Si. The number of ether oxygens (including phenoxy) is 1. The first-order valence-corrected chi connectivity index (χ1v) is 12.9. The summed E-state index contributed by atoms with van der Waals surface area (Å²) in [5.74, 6) is 1.39. The second-order valence-electron chi connectivity index (χ2n) is 7.80. The van der Waals surface area contributed by atoms with Crippen LogP contribution in [0.1, 0.15) is 16.8 Å². The molecule has 0 N–H and O–H groups in total. The maximum absolute atomic E-state index is 5.98. The minimum atomic E-state index is -1.27. The van der Waals surface area contributed by atoms with Crippen molar-refractivity contribution in [2.45, 2.75) is 33.2 Å². The number of benzene rings is 2. The van der Waals surface area contributed by atoms with E-state index in [4.69, 9.17) is 9.57 Å². The number of hydrogen-bond acceptors (Lipinski definition) is 4. The first-order chi connectivity index (χ1) is 13.3. The van der Waals surface area contributed by atoms with Gasteiger partial charge in [-0.3, -0.25) is 0 Å². The molecule has 0 aliphatic rings. The molecule has 5 nitrogen and oxygen atoms in total. The Hall–Kier alpha value is -2.86. The van der Waals surface area contributed by atoms with Gasteiger partial charge in [-0.1, -0.05) is 72.4 Å². The second-order valence-corrected chi connectivity index (χ2v) is 12.9. The number of nitrogens with zero attached hydrogens (tertiary/aromatic N) is 3. The van der Waals surface area contributed by atoms with Crippen molar-refractivity contribution in [1.29, 1.82) is 0 Å². The van der Waals surface area contributed by atoms with Gasteiger partial charge in [-0.15, -0.1) is 0 Å². The van der Waals surface area contributed by atoms with Gasteiger partial charge in [0.25, 0.3) is 0 Å². The molecule has 3 aromatic rings. The summed E-state index contributed by atoms with van der Waals surface area (Å²) in [6.07, 6.45) is 1.66. The van der Waals surface area contributed by atoms with Crippen molar-refractivity contribution >= 4 is 19.5 Å². The molecule has 0 amide bonds. The van der Waals surface area contributed by atoms with Gasteiger partial charge in [0.1, 0.15) is 12.4 Å². The highest BCUT2D eigenvalue weighted by molar-refractivity contribution is 6.88. The third-order valence-electron chi connectivity index (χ3n) is 4.48. The monoisotopic (exact) mass is 393 g/mol. The maximum atomic E-state index is 5.98. The fourth-order valence-electron chi connectivity index (χ4n) is 2.83. The second kappa shape index (κ2) is 8.44. The summed E-state index contributed by atoms with van der Waals surface area (Å²) in [5, 5.41) is 10.00. The van der Waals surface area contributed by atoms with E-state index in [1.165, 1.54) is 5.19 Å².